The Balaban J connectivity index is 1.90. The van der Waals surface area contributed by atoms with Crippen LogP contribution in [0.1, 0.15) is 12.0 Å². The molecule has 0 aliphatic carbocycles. The molecule has 1 unspecified atom stereocenters. The highest BCUT2D eigenvalue weighted by Gasteiger charge is 2.34. The zero-order valence-electron chi connectivity index (χ0n) is 9.78. The zero-order valence-corrected chi connectivity index (χ0v) is 9.78. The minimum absolute atomic E-state index is 0.387. The molecule has 0 fully saturated rings. The molecule has 0 spiro atoms. The molecule has 1 heterocycles. The van der Waals surface area contributed by atoms with Crippen molar-refractivity contribution >= 4 is 6.21 Å². The lowest BCUT2D eigenvalue weighted by molar-refractivity contribution is -0.193. The van der Waals surface area contributed by atoms with Crippen molar-refractivity contribution in [1.82, 2.24) is 0 Å². The van der Waals surface area contributed by atoms with Crippen molar-refractivity contribution in [2.45, 2.75) is 12.2 Å². The van der Waals surface area contributed by atoms with Crippen LogP contribution in [-0.4, -0.2) is 11.3 Å². The molecule has 1 aliphatic rings. The van der Waals surface area contributed by atoms with Gasteiger partial charge in [-0.15, -0.1) is 0 Å². The summed E-state index contributed by atoms with van der Waals surface area (Å²) in [6, 6.07) is 17.8. The summed E-state index contributed by atoms with van der Waals surface area (Å²) < 4.78 is 0. The van der Waals surface area contributed by atoms with E-state index in [9.17, 15) is 5.11 Å². The Morgan fingerprint density at radius 3 is 2.22 bits per heavy atom. The van der Waals surface area contributed by atoms with Crippen LogP contribution in [0.5, 0.6) is 0 Å². The molecule has 3 heteroatoms. The molecule has 2 aromatic carbocycles. The van der Waals surface area contributed by atoms with Crippen LogP contribution in [0, 0.1) is 0 Å². The fraction of sp³-hybridized carbons (Fsp3) is 0.133. The van der Waals surface area contributed by atoms with Gasteiger partial charge in [0.2, 0.25) is 0 Å². The number of rotatable bonds is 2. The van der Waals surface area contributed by atoms with Gasteiger partial charge in [0.15, 0.2) is 0 Å². The Labute approximate surface area is 105 Å². The van der Waals surface area contributed by atoms with Crippen molar-refractivity contribution in [2.75, 3.05) is 0 Å². The summed E-state index contributed by atoms with van der Waals surface area (Å²) in [5.74, 6) is -1.30. The van der Waals surface area contributed by atoms with Gasteiger partial charge in [0.25, 0.3) is 5.79 Å². The van der Waals surface area contributed by atoms with Gasteiger partial charge < -0.3 is 9.94 Å². The minimum atomic E-state index is -1.30. The van der Waals surface area contributed by atoms with Crippen LogP contribution >= 0.6 is 0 Å². The van der Waals surface area contributed by atoms with Crippen LogP contribution in [0.2, 0.25) is 0 Å². The molecule has 0 bridgehead atoms. The monoisotopic (exact) mass is 239 g/mol. The number of hydrogen-bond acceptors (Lipinski definition) is 3. The lowest BCUT2D eigenvalue weighted by Gasteiger charge is -2.20. The number of benzene rings is 2. The molecule has 90 valence electrons. The summed E-state index contributed by atoms with van der Waals surface area (Å²) in [5.41, 5.74) is 2.99. The van der Waals surface area contributed by atoms with Crippen molar-refractivity contribution in [1.29, 1.82) is 0 Å². The number of aliphatic hydroxyl groups is 1. The summed E-state index contributed by atoms with van der Waals surface area (Å²) in [6.07, 6.45) is 1.96. The lowest BCUT2D eigenvalue weighted by atomic mass is 9.99. The molecule has 0 radical (unpaired) electrons. The maximum absolute atomic E-state index is 10.2. The van der Waals surface area contributed by atoms with Gasteiger partial charge in [-0.3, -0.25) is 0 Å². The first kappa shape index (κ1) is 11.0. The van der Waals surface area contributed by atoms with Gasteiger partial charge in [-0.1, -0.05) is 59.8 Å². The standard InChI is InChI=1S/C15H13NO2/c17-15(10-11-16-18-15)14-8-6-13(7-9-14)12-4-2-1-3-5-12/h1-9,11,17H,10H2. The average molecular weight is 239 g/mol. The Hall–Kier alpha value is -2.13. The van der Waals surface area contributed by atoms with E-state index in [0.29, 0.717) is 6.42 Å². The molecule has 0 aromatic heterocycles. The Morgan fingerprint density at radius 2 is 1.61 bits per heavy atom. The third-order valence-electron chi connectivity index (χ3n) is 3.09. The van der Waals surface area contributed by atoms with Gasteiger partial charge in [0, 0.05) is 5.56 Å². The quantitative estimate of drug-likeness (QED) is 0.875. The second-order valence-electron chi connectivity index (χ2n) is 4.31. The minimum Gasteiger partial charge on any atom is -0.355 e. The first-order valence-electron chi connectivity index (χ1n) is 5.86. The first-order chi connectivity index (χ1) is 8.78. The van der Waals surface area contributed by atoms with Gasteiger partial charge in [-0.2, -0.15) is 0 Å². The molecule has 3 nitrogen and oxygen atoms in total. The molecule has 1 aliphatic heterocycles. The third-order valence-corrected chi connectivity index (χ3v) is 3.09. The van der Waals surface area contributed by atoms with Crippen LogP contribution in [-0.2, 0) is 10.6 Å². The average Bonchev–Trinajstić information content (AvgIpc) is 2.88. The van der Waals surface area contributed by atoms with Crippen LogP contribution in [0.3, 0.4) is 0 Å². The Morgan fingerprint density at radius 1 is 0.944 bits per heavy atom. The summed E-state index contributed by atoms with van der Waals surface area (Å²) in [5, 5.41) is 13.8. The second-order valence-corrected chi connectivity index (χ2v) is 4.31. The predicted molar refractivity (Wildman–Crippen MR) is 70.0 cm³/mol. The number of oxime groups is 1. The molecule has 0 saturated carbocycles. The number of nitrogens with zero attached hydrogens (tertiary/aromatic N) is 1. The van der Waals surface area contributed by atoms with E-state index in [4.69, 9.17) is 4.84 Å². The molecular formula is C15H13NO2. The molecule has 1 atom stereocenters. The van der Waals surface area contributed by atoms with Crippen LogP contribution in [0.25, 0.3) is 11.1 Å². The van der Waals surface area contributed by atoms with E-state index in [1.807, 2.05) is 42.5 Å². The molecule has 0 saturated heterocycles. The number of hydrogen-bond donors (Lipinski definition) is 1. The molecule has 3 rings (SSSR count). The van der Waals surface area contributed by atoms with Crippen LogP contribution in [0.15, 0.2) is 59.8 Å². The van der Waals surface area contributed by atoms with Crippen molar-refractivity contribution in [3.05, 3.63) is 60.2 Å². The summed E-state index contributed by atoms with van der Waals surface area (Å²) in [6.45, 7) is 0. The van der Waals surface area contributed by atoms with E-state index in [1.54, 1.807) is 6.21 Å². The summed E-state index contributed by atoms with van der Waals surface area (Å²) >= 11 is 0. The molecule has 1 N–H and O–H groups in total. The van der Waals surface area contributed by atoms with E-state index in [1.165, 1.54) is 0 Å². The first-order valence-corrected chi connectivity index (χ1v) is 5.86. The van der Waals surface area contributed by atoms with E-state index >= 15 is 0 Å². The third kappa shape index (κ3) is 1.89. The Kier molecular flexibility index (Phi) is 2.61. The predicted octanol–water partition coefficient (Wildman–Crippen LogP) is 2.90. The highest BCUT2D eigenvalue weighted by molar-refractivity contribution is 5.64. The zero-order chi connectivity index (χ0) is 12.4. The molecular weight excluding hydrogens is 226 g/mol. The van der Waals surface area contributed by atoms with E-state index in [0.717, 1.165) is 16.7 Å². The van der Waals surface area contributed by atoms with Crippen molar-refractivity contribution < 1.29 is 9.94 Å². The van der Waals surface area contributed by atoms with E-state index in [-0.39, 0.29) is 0 Å². The smallest absolute Gasteiger partial charge is 0.265 e. The summed E-state index contributed by atoms with van der Waals surface area (Å²) in [4.78, 5) is 5.00. The topological polar surface area (TPSA) is 41.8 Å². The highest BCUT2D eigenvalue weighted by atomic mass is 16.7. The van der Waals surface area contributed by atoms with Crippen LogP contribution < -0.4 is 0 Å². The largest absolute Gasteiger partial charge is 0.355 e. The van der Waals surface area contributed by atoms with Gasteiger partial charge >= 0.3 is 0 Å². The SMILES string of the molecule is OC1(c2ccc(-c3ccccc3)cc2)CC=NO1. The molecule has 18 heavy (non-hydrogen) atoms. The normalized spacial score (nSPS) is 21.8. The van der Waals surface area contributed by atoms with Gasteiger partial charge in [-0.05, 0) is 11.1 Å². The van der Waals surface area contributed by atoms with Crippen molar-refractivity contribution in [2.24, 2.45) is 5.16 Å². The lowest BCUT2D eigenvalue weighted by Crippen LogP contribution is -2.23. The second kappa shape index (κ2) is 4.27. The van der Waals surface area contributed by atoms with Gasteiger partial charge in [0.05, 0.1) is 12.6 Å². The van der Waals surface area contributed by atoms with Gasteiger partial charge in [-0.25, -0.2) is 0 Å². The highest BCUT2D eigenvalue weighted by Crippen LogP contribution is 2.31. The maximum atomic E-state index is 10.2. The summed E-state index contributed by atoms with van der Waals surface area (Å²) in [7, 11) is 0. The van der Waals surface area contributed by atoms with Crippen molar-refractivity contribution in [3.63, 3.8) is 0 Å². The molecule has 0 amide bonds. The van der Waals surface area contributed by atoms with Crippen LogP contribution in [0.4, 0.5) is 0 Å². The maximum Gasteiger partial charge on any atom is 0.265 e. The Bertz CT molecular complexity index is 553. The van der Waals surface area contributed by atoms with E-state index < -0.39 is 5.79 Å². The fourth-order valence-electron chi connectivity index (χ4n) is 2.05. The van der Waals surface area contributed by atoms with E-state index in [2.05, 4.69) is 17.3 Å². The van der Waals surface area contributed by atoms with Crippen molar-refractivity contribution in [3.8, 4) is 11.1 Å². The van der Waals surface area contributed by atoms with Gasteiger partial charge in [0.1, 0.15) is 0 Å². The fourth-order valence-corrected chi connectivity index (χ4v) is 2.05. The molecule has 2 aromatic rings.